The van der Waals surface area contributed by atoms with Crippen molar-refractivity contribution >= 4 is 11.8 Å². The van der Waals surface area contributed by atoms with Crippen LogP contribution in [0.15, 0.2) is 29.2 Å². The minimum atomic E-state index is -1.10. The van der Waals surface area contributed by atoms with Crippen molar-refractivity contribution in [1.82, 2.24) is 0 Å². The Morgan fingerprint density at radius 3 is 2.07 bits per heavy atom. The highest BCUT2D eigenvalue weighted by atomic mass is 32.2. The molecule has 2 nitrogen and oxygen atoms in total. The molecule has 3 heteroatoms. The summed E-state index contributed by atoms with van der Waals surface area (Å²) in [6.45, 7) is 3.19. The smallest absolute Gasteiger partial charge is 0.107 e. The maximum absolute atomic E-state index is 9.76. The molecule has 1 aromatic carbocycles. The number of aliphatic hydroxyl groups excluding tert-OH is 1. The van der Waals surface area contributed by atoms with Crippen molar-refractivity contribution in [2.45, 2.75) is 30.4 Å². The first-order valence-corrected chi connectivity index (χ1v) is 5.72. The van der Waals surface area contributed by atoms with Gasteiger partial charge in [-0.25, -0.2) is 0 Å². The third-order valence-electron chi connectivity index (χ3n) is 2.10. The van der Waals surface area contributed by atoms with E-state index in [9.17, 15) is 10.2 Å². The third kappa shape index (κ3) is 2.74. The van der Waals surface area contributed by atoms with Gasteiger partial charge in [-0.15, -0.1) is 11.8 Å². The van der Waals surface area contributed by atoms with Gasteiger partial charge < -0.3 is 10.2 Å². The van der Waals surface area contributed by atoms with E-state index in [0.29, 0.717) is 0 Å². The van der Waals surface area contributed by atoms with Crippen LogP contribution in [0.5, 0.6) is 0 Å². The summed E-state index contributed by atoms with van der Waals surface area (Å²) in [6.07, 6.45) is 1.17. The molecule has 0 bridgehead atoms. The highest BCUT2D eigenvalue weighted by molar-refractivity contribution is 7.98. The van der Waals surface area contributed by atoms with Crippen LogP contribution in [0.4, 0.5) is 0 Å². The Morgan fingerprint density at radius 2 is 1.71 bits per heavy atom. The largest absolute Gasteiger partial charge is 0.387 e. The van der Waals surface area contributed by atoms with E-state index < -0.39 is 11.7 Å². The lowest BCUT2D eigenvalue weighted by molar-refractivity contribution is -0.0497. The zero-order valence-corrected chi connectivity index (χ0v) is 9.51. The molecular weight excluding hydrogens is 196 g/mol. The number of aliphatic hydroxyl groups is 2. The average Bonchev–Trinajstić information content (AvgIpc) is 2.15. The van der Waals surface area contributed by atoms with Gasteiger partial charge in [0.05, 0.1) is 5.60 Å². The van der Waals surface area contributed by atoms with Gasteiger partial charge in [-0.1, -0.05) is 12.1 Å². The molecule has 0 heterocycles. The van der Waals surface area contributed by atoms with E-state index in [4.69, 9.17) is 0 Å². The summed E-state index contributed by atoms with van der Waals surface area (Å²) in [4.78, 5) is 1.15. The molecule has 0 aliphatic heterocycles. The van der Waals surface area contributed by atoms with Crippen LogP contribution in [-0.2, 0) is 0 Å². The highest BCUT2D eigenvalue weighted by Crippen LogP contribution is 2.26. The molecule has 0 aliphatic carbocycles. The van der Waals surface area contributed by atoms with Gasteiger partial charge in [-0.05, 0) is 37.8 Å². The lowest BCUT2D eigenvalue weighted by atomic mass is 9.95. The van der Waals surface area contributed by atoms with Crippen molar-refractivity contribution in [3.05, 3.63) is 29.8 Å². The minimum Gasteiger partial charge on any atom is -0.387 e. The molecule has 0 aromatic heterocycles. The SMILES string of the molecule is CSc1ccc(C(O)C(C)(C)O)cc1. The molecule has 1 aromatic rings. The van der Waals surface area contributed by atoms with Gasteiger partial charge in [0, 0.05) is 4.90 Å². The second-order valence-corrected chi connectivity index (χ2v) is 4.71. The molecule has 0 aliphatic rings. The van der Waals surface area contributed by atoms with Crippen molar-refractivity contribution in [3.8, 4) is 0 Å². The van der Waals surface area contributed by atoms with Crippen LogP contribution < -0.4 is 0 Å². The van der Waals surface area contributed by atoms with Crippen molar-refractivity contribution in [1.29, 1.82) is 0 Å². The van der Waals surface area contributed by atoms with Gasteiger partial charge in [-0.2, -0.15) is 0 Å². The topological polar surface area (TPSA) is 40.5 Å². The Balaban J connectivity index is 2.87. The fourth-order valence-corrected chi connectivity index (χ4v) is 1.60. The van der Waals surface area contributed by atoms with Gasteiger partial charge in [0.1, 0.15) is 6.10 Å². The summed E-state index contributed by atoms with van der Waals surface area (Å²) < 4.78 is 0. The number of benzene rings is 1. The molecule has 1 atom stereocenters. The molecule has 2 N–H and O–H groups in total. The number of thioether (sulfide) groups is 1. The Bertz CT molecular complexity index is 287. The zero-order valence-electron chi connectivity index (χ0n) is 8.69. The molecular formula is C11H16O2S. The predicted molar refractivity (Wildman–Crippen MR) is 59.5 cm³/mol. The van der Waals surface area contributed by atoms with E-state index in [1.165, 1.54) is 0 Å². The Morgan fingerprint density at radius 1 is 1.21 bits per heavy atom. The molecule has 14 heavy (non-hydrogen) atoms. The normalized spacial score (nSPS) is 14.1. The number of hydrogen-bond donors (Lipinski definition) is 2. The van der Waals surface area contributed by atoms with E-state index in [1.54, 1.807) is 25.6 Å². The second-order valence-electron chi connectivity index (χ2n) is 3.83. The Labute approximate surface area is 89.0 Å². The van der Waals surface area contributed by atoms with E-state index in [0.717, 1.165) is 10.5 Å². The van der Waals surface area contributed by atoms with Crippen molar-refractivity contribution in [2.24, 2.45) is 0 Å². The van der Waals surface area contributed by atoms with Crippen molar-refractivity contribution in [2.75, 3.05) is 6.26 Å². The molecule has 0 amide bonds. The maximum Gasteiger partial charge on any atom is 0.107 e. The van der Waals surface area contributed by atoms with E-state index in [2.05, 4.69) is 0 Å². The lowest BCUT2D eigenvalue weighted by Crippen LogP contribution is -2.28. The van der Waals surface area contributed by atoms with Crippen LogP contribution in [0.1, 0.15) is 25.5 Å². The van der Waals surface area contributed by atoms with Crippen LogP contribution in [0.25, 0.3) is 0 Å². The quantitative estimate of drug-likeness (QED) is 0.755. The fraction of sp³-hybridized carbons (Fsp3) is 0.455. The summed E-state index contributed by atoms with van der Waals surface area (Å²) in [7, 11) is 0. The van der Waals surface area contributed by atoms with Crippen LogP contribution >= 0.6 is 11.8 Å². The summed E-state index contributed by atoms with van der Waals surface area (Å²) >= 11 is 1.65. The molecule has 78 valence electrons. The molecule has 0 spiro atoms. The summed E-state index contributed by atoms with van der Waals surface area (Å²) in [6, 6.07) is 7.56. The van der Waals surface area contributed by atoms with Crippen LogP contribution in [0, 0.1) is 0 Å². The van der Waals surface area contributed by atoms with Crippen LogP contribution in [0.2, 0.25) is 0 Å². The zero-order chi connectivity index (χ0) is 10.8. The van der Waals surface area contributed by atoms with Crippen LogP contribution in [0.3, 0.4) is 0 Å². The number of rotatable bonds is 3. The minimum absolute atomic E-state index is 0.746. The first-order valence-electron chi connectivity index (χ1n) is 4.49. The van der Waals surface area contributed by atoms with Crippen LogP contribution in [-0.4, -0.2) is 22.1 Å². The Hall–Kier alpha value is -0.510. The standard InChI is InChI=1S/C11H16O2S/c1-11(2,13)10(12)8-4-6-9(14-3)7-5-8/h4-7,10,12-13H,1-3H3. The predicted octanol–water partition coefficient (Wildman–Crippen LogP) is 2.21. The van der Waals surface area contributed by atoms with Gasteiger partial charge in [0.25, 0.3) is 0 Å². The molecule has 0 saturated carbocycles. The highest BCUT2D eigenvalue weighted by Gasteiger charge is 2.25. The van der Waals surface area contributed by atoms with E-state index in [1.807, 2.05) is 30.5 Å². The summed E-state index contributed by atoms with van der Waals surface area (Å²) in [5, 5.41) is 19.4. The van der Waals surface area contributed by atoms with Gasteiger partial charge in [0.15, 0.2) is 0 Å². The fourth-order valence-electron chi connectivity index (χ4n) is 1.19. The molecule has 0 saturated heterocycles. The first kappa shape index (κ1) is 11.6. The van der Waals surface area contributed by atoms with Crippen molar-refractivity contribution < 1.29 is 10.2 Å². The van der Waals surface area contributed by atoms with Gasteiger partial charge in [-0.3, -0.25) is 0 Å². The average molecular weight is 212 g/mol. The van der Waals surface area contributed by atoms with Gasteiger partial charge >= 0.3 is 0 Å². The summed E-state index contributed by atoms with van der Waals surface area (Å²) in [5.41, 5.74) is -0.351. The monoisotopic (exact) mass is 212 g/mol. The molecule has 1 unspecified atom stereocenters. The number of hydrogen-bond acceptors (Lipinski definition) is 3. The molecule has 1 rings (SSSR count). The summed E-state index contributed by atoms with van der Waals surface area (Å²) in [5.74, 6) is 0. The lowest BCUT2D eigenvalue weighted by Gasteiger charge is -2.24. The van der Waals surface area contributed by atoms with Gasteiger partial charge in [0.2, 0.25) is 0 Å². The van der Waals surface area contributed by atoms with Crippen molar-refractivity contribution in [3.63, 3.8) is 0 Å². The Kier molecular flexibility index (Phi) is 3.59. The first-order chi connectivity index (χ1) is 6.45. The molecule has 0 radical (unpaired) electrons. The van der Waals surface area contributed by atoms with E-state index >= 15 is 0 Å². The third-order valence-corrected chi connectivity index (χ3v) is 2.84. The molecule has 0 fully saturated rings. The second kappa shape index (κ2) is 4.34. The maximum atomic E-state index is 9.76. The van der Waals surface area contributed by atoms with E-state index in [-0.39, 0.29) is 0 Å².